The number of thioether (sulfide) groups is 1. The van der Waals surface area contributed by atoms with E-state index in [9.17, 15) is 4.79 Å². The lowest BCUT2D eigenvalue weighted by Gasteiger charge is -2.38. The highest BCUT2D eigenvalue weighted by Crippen LogP contribution is 2.37. The second kappa shape index (κ2) is 4.73. The van der Waals surface area contributed by atoms with Crippen LogP contribution < -0.4 is 0 Å². The van der Waals surface area contributed by atoms with Gasteiger partial charge in [-0.15, -0.1) is 23.4 Å². The first-order valence-corrected chi connectivity index (χ1v) is 5.95. The third-order valence-electron chi connectivity index (χ3n) is 2.14. The largest absolute Gasteiger partial charge is 0.445 e. The molecule has 0 saturated carbocycles. The SMILES string of the molecule is CC1OCC(C)(OC(=O)CCl)SC1C. The molecule has 1 saturated heterocycles. The number of carbonyl (C=O) groups is 1. The maximum Gasteiger partial charge on any atom is 0.322 e. The van der Waals surface area contributed by atoms with Gasteiger partial charge in [-0.1, -0.05) is 6.92 Å². The molecule has 3 nitrogen and oxygen atoms in total. The molecule has 0 N–H and O–H groups in total. The molecule has 0 radical (unpaired) electrons. The van der Waals surface area contributed by atoms with Crippen molar-refractivity contribution < 1.29 is 14.3 Å². The van der Waals surface area contributed by atoms with Crippen molar-refractivity contribution in [3.8, 4) is 0 Å². The van der Waals surface area contributed by atoms with Crippen LogP contribution in [0.3, 0.4) is 0 Å². The molecular formula is C9H15ClO3S. The summed E-state index contributed by atoms with van der Waals surface area (Å²) in [7, 11) is 0. The summed E-state index contributed by atoms with van der Waals surface area (Å²) < 4.78 is 10.7. The molecule has 82 valence electrons. The van der Waals surface area contributed by atoms with E-state index in [1.165, 1.54) is 0 Å². The summed E-state index contributed by atoms with van der Waals surface area (Å²) >= 11 is 6.99. The topological polar surface area (TPSA) is 35.5 Å². The lowest BCUT2D eigenvalue weighted by molar-refractivity contribution is -0.153. The van der Waals surface area contributed by atoms with Gasteiger partial charge in [0, 0.05) is 5.25 Å². The number of esters is 1. The Bertz CT molecular complexity index is 224. The van der Waals surface area contributed by atoms with Gasteiger partial charge in [0.15, 0.2) is 4.93 Å². The molecular weight excluding hydrogens is 224 g/mol. The smallest absolute Gasteiger partial charge is 0.322 e. The second-order valence-electron chi connectivity index (χ2n) is 3.58. The Kier molecular flexibility index (Phi) is 4.10. The van der Waals surface area contributed by atoms with E-state index < -0.39 is 10.9 Å². The first-order valence-electron chi connectivity index (χ1n) is 4.54. The van der Waals surface area contributed by atoms with Gasteiger partial charge in [-0.05, 0) is 13.8 Å². The van der Waals surface area contributed by atoms with Gasteiger partial charge in [0.1, 0.15) is 5.88 Å². The van der Waals surface area contributed by atoms with Crippen molar-refractivity contribution >= 4 is 29.3 Å². The van der Waals surface area contributed by atoms with Crippen molar-refractivity contribution in [2.75, 3.05) is 12.5 Å². The molecule has 0 aromatic rings. The summed E-state index contributed by atoms with van der Waals surface area (Å²) in [5.41, 5.74) is 0. The molecule has 0 bridgehead atoms. The van der Waals surface area contributed by atoms with Crippen LogP contribution in [0.25, 0.3) is 0 Å². The monoisotopic (exact) mass is 238 g/mol. The highest BCUT2D eigenvalue weighted by Gasteiger charge is 2.38. The van der Waals surface area contributed by atoms with Crippen LogP contribution in [0.15, 0.2) is 0 Å². The molecule has 0 amide bonds. The molecule has 0 spiro atoms. The Morgan fingerprint density at radius 3 is 2.86 bits per heavy atom. The van der Waals surface area contributed by atoms with Crippen LogP contribution in [0.4, 0.5) is 0 Å². The molecule has 14 heavy (non-hydrogen) atoms. The molecule has 0 aromatic heterocycles. The summed E-state index contributed by atoms with van der Waals surface area (Å²) in [6.45, 7) is 6.35. The zero-order valence-electron chi connectivity index (χ0n) is 8.58. The zero-order valence-corrected chi connectivity index (χ0v) is 10.2. The van der Waals surface area contributed by atoms with Gasteiger partial charge in [-0.3, -0.25) is 4.79 Å². The molecule has 1 fully saturated rings. The van der Waals surface area contributed by atoms with E-state index in [4.69, 9.17) is 21.1 Å². The number of halogens is 1. The van der Waals surface area contributed by atoms with Gasteiger partial charge < -0.3 is 9.47 Å². The first kappa shape index (κ1) is 12.1. The first-order chi connectivity index (χ1) is 6.47. The molecule has 0 aliphatic carbocycles. The van der Waals surface area contributed by atoms with Gasteiger partial charge in [0.05, 0.1) is 12.7 Å². The maximum absolute atomic E-state index is 11.1. The van der Waals surface area contributed by atoms with Crippen LogP contribution >= 0.6 is 23.4 Å². The van der Waals surface area contributed by atoms with Gasteiger partial charge in [0.25, 0.3) is 0 Å². The fraction of sp³-hybridized carbons (Fsp3) is 0.889. The van der Waals surface area contributed by atoms with Crippen molar-refractivity contribution in [2.45, 2.75) is 37.1 Å². The Morgan fingerprint density at radius 2 is 2.36 bits per heavy atom. The number of hydrogen-bond acceptors (Lipinski definition) is 4. The Balaban J connectivity index is 2.54. The van der Waals surface area contributed by atoms with Crippen LogP contribution in [0.1, 0.15) is 20.8 Å². The average molecular weight is 239 g/mol. The highest BCUT2D eigenvalue weighted by atomic mass is 35.5. The van der Waals surface area contributed by atoms with Crippen LogP contribution in [-0.4, -0.2) is 34.7 Å². The third kappa shape index (κ3) is 3.04. The summed E-state index contributed by atoms with van der Waals surface area (Å²) in [5.74, 6) is -0.507. The molecule has 1 heterocycles. The standard InChI is InChI=1S/C9H15ClO3S/c1-6-7(2)14-9(3,5-12-6)13-8(11)4-10/h6-7H,4-5H2,1-3H3. The minimum absolute atomic E-state index is 0.111. The van der Waals surface area contributed by atoms with Crippen molar-refractivity contribution in [3.63, 3.8) is 0 Å². The van der Waals surface area contributed by atoms with E-state index in [1.807, 2.05) is 13.8 Å². The summed E-state index contributed by atoms with van der Waals surface area (Å²) in [6.07, 6.45) is 0.197. The number of alkyl halides is 1. The van der Waals surface area contributed by atoms with Crippen molar-refractivity contribution in [1.82, 2.24) is 0 Å². The normalized spacial score (nSPS) is 38.0. The number of carbonyl (C=O) groups excluding carboxylic acids is 1. The molecule has 1 aliphatic heterocycles. The second-order valence-corrected chi connectivity index (χ2v) is 5.69. The fourth-order valence-electron chi connectivity index (χ4n) is 1.26. The Labute approximate surface area is 93.5 Å². The fourth-order valence-corrected chi connectivity index (χ4v) is 2.65. The minimum Gasteiger partial charge on any atom is -0.445 e. The third-order valence-corrected chi connectivity index (χ3v) is 3.82. The van der Waals surface area contributed by atoms with Crippen LogP contribution in [-0.2, 0) is 14.3 Å². The Hall–Kier alpha value is 0.0700. The minimum atomic E-state index is -0.585. The molecule has 3 unspecified atom stereocenters. The van der Waals surface area contributed by atoms with Crippen molar-refractivity contribution in [3.05, 3.63) is 0 Å². The lowest BCUT2D eigenvalue weighted by Crippen LogP contribution is -2.44. The molecule has 5 heteroatoms. The average Bonchev–Trinajstić information content (AvgIpc) is 2.12. The van der Waals surface area contributed by atoms with Crippen LogP contribution in [0.5, 0.6) is 0 Å². The summed E-state index contributed by atoms with van der Waals surface area (Å²) in [4.78, 5) is 10.5. The molecule has 1 rings (SSSR count). The molecule has 3 atom stereocenters. The van der Waals surface area contributed by atoms with E-state index in [1.54, 1.807) is 11.8 Å². The van der Waals surface area contributed by atoms with E-state index >= 15 is 0 Å². The van der Waals surface area contributed by atoms with Gasteiger partial charge >= 0.3 is 5.97 Å². The number of ether oxygens (including phenoxy) is 2. The van der Waals surface area contributed by atoms with Crippen molar-refractivity contribution in [2.24, 2.45) is 0 Å². The van der Waals surface area contributed by atoms with Gasteiger partial charge in [-0.25, -0.2) is 0 Å². The predicted octanol–water partition coefficient (Wildman–Crippen LogP) is 2.02. The van der Waals surface area contributed by atoms with E-state index in [0.717, 1.165) is 0 Å². The lowest BCUT2D eigenvalue weighted by atomic mass is 10.3. The summed E-state index contributed by atoms with van der Waals surface area (Å²) in [5, 5.41) is 0.317. The van der Waals surface area contributed by atoms with Crippen LogP contribution in [0, 0.1) is 0 Å². The highest BCUT2D eigenvalue weighted by molar-refractivity contribution is 8.01. The maximum atomic E-state index is 11.1. The molecule has 1 aliphatic rings. The molecule has 0 aromatic carbocycles. The van der Waals surface area contributed by atoms with Gasteiger partial charge in [0.2, 0.25) is 0 Å². The van der Waals surface area contributed by atoms with E-state index in [0.29, 0.717) is 11.9 Å². The van der Waals surface area contributed by atoms with Crippen LogP contribution in [0.2, 0.25) is 0 Å². The van der Waals surface area contributed by atoms with Crippen molar-refractivity contribution in [1.29, 1.82) is 0 Å². The van der Waals surface area contributed by atoms with E-state index in [-0.39, 0.29) is 12.0 Å². The Morgan fingerprint density at radius 1 is 1.71 bits per heavy atom. The number of rotatable bonds is 2. The number of hydrogen-bond donors (Lipinski definition) is 0. The van der Waals surface area contributed by atoms with E-state index in [2.05, 4.69) is 6.92 Å². The predicted molar refractivity (Wildman–Crippen MR) is 57.7 cm³/mol. The quantitative estimate of drug-likeness (QED) is 0.545. The van der Waals surface area contributed by atoms with Gasteiger partial charge in [-0.2, -0.15) is 0 Å². The summed E-state index contributed by atoms with van der Waals surface area (Å²) in [6, 6.07) is 0. The zero-order chi connectivity index (χ0) is 10.8.